The number of nitrogens with zero attached hydrogens (tertiary/aromatic N) is 1. The number of aryl methyl sites for hydroxylation is 1. The molecule has 0 aromatic heterocycles. The Morgan fingerprint density at radius 2 is 2.00 bits per heavy atom. The van der Waals surface area contributed by atoms with E-state index in [1.165, 1.54) is 13.8 Å². The molecule has 1 amide bonds. The number of nitrogens with two attached hydrogens (primary N) is 1. The smallest absolute Gasteiger partial charge is 0.263 e. The quantitative estimate of drug-likeness (QED) is 0.894. The van der Waals surface area contributed by atoms with Crippen LogP contribution in [0.1, 0.15) is 25.8 Å². The Kier molecular flexibility index (Phi) is 3.40. The van der Waals surface area contributed by atoms with Gasteiger partial charge in [-0.1, -0.05) is 12.1 Å². The first-order valence-electron chi connectivity index (χ1n) is 6.20. The number of anilines is 1. The van der Waals surface area contributed by atoms with Crippen LogP contribution in [0, 0.1) is 0 Å². The van der Waals surface area contributed by atoms with Crippen LogP contribution < -0.4 is 10.0 Å². The highest BCUT2D eigenvalue weighted by molar-refractivity contribution is 7.98. The summed E-state index contributed by atoms with van der Waals surface area (Å²) in [7, 11) is -3.58. The van der Waals surface area contributed by atoms with Gasteiger partial charge in [-0.05, 0) is 50.9 Å². The lowest BCUT2D eigenvalue weighted by atomic mass is 10.1. The second-order valence-electron chi connectivity index (χ2n) is 5.15. The van der Waals surface area contributed by atoms with E-state index in [2.05, 4.69) is 0 Å². The van der Waals surface area contributed by atoms with E-state index in [9.17, 15) is 13.2 Å². The standard InChI is InChI=1S/C13H18N2O3S/c1-13(2)12(16)15(19(13,17)18)11-7-3-5-10(9-11)6-4-8-14/h3,5,7,9H,4,6,8,14H2,1-2H3. The molecular formula is C13H18N2O3S. The summed E-state index contributed by atoms with van der Waals surface area (Å²) in [5.41, 5.74) is 6.85. The van der Waals surface area contributed by atoms with Gasteiger partial charge in [0.15, 0.2) is 4.75 Å². The summed E-state index contributed by atoms with van der Waals surface area (Å²) < 4.78 is 23.8. The Bertz CT molecular complexity index is 608. The van der Waals surface area contributed by atoms with Gasteiger partial charge in [-0.3, -0.25) is 4.79 Å². The van der Waals surface area contributed by atoms with Gasteiger partial charge in [0.1, 0.15) is 0 Å². The molecule has 0 unspecified atom stereocenters. The van der Waals surface area contributed by atoms with Crippen molar-refractivity contribution < 1.29 is 13.2 Å². The molecule has 0 aliphatic carbocycles. The SMILES string of the molecule is CC1(C)C(=O)N(c2cccc(CCCN)c2)S1(=O)=O. The maximum Gasteiger partial charge on any atom is 0.263 e. The molecule has 2 rings (SSSR count). The third-order valence-corrected chi connectivity index (χ3v) is 5.72. The zero-order chi connectivity index (χ0) is 14.3. The highest BCUT2D eigenvalue weighted by atomic mass is 32.2. The van der Waals surface area contributed by atoms with Gasteiger partial charge in [-0.2, -0.15) is 0 Å². The van der Waals surface area contributed by atoms with Crippen LogP contribution in [0.2, 0.25) is 0 Å². The van der Waals surface area contributed by atoms with Crippen molar-refractivity contribution in [1.29, 1.82) is 0 Å². The van der Waals surface area contributed by atoms with Gasteiger partial charge in [-0.25, -0.2) is 12.7 Å². The summed E-state index contributed by atoms with van der Waals surface area (Å²) in [5, 5.41) is 0. The number of hydrogen-bond acceptors (Lipinski definition) is 4. The number of benzene rings is 1. The molecule has 0 atom stereocenters. The molecular weight excluding hydrogens is 264 g/mol. The maximum absolute atomic E-state index is 12.1. The summed E-state index contributed by atoms with van der Waals surface area (Å²) in [6, 6.07) is 7.04. The van der Waals surface area contributed by atoms with Gasteiger partial charge in [0.25, 0.3) is 15.9 Å². The molecule has 1 aromatic rings. The molecule has 0 radical (unpaired) electrons. The van der Waals surface area contributed by atoms with E-state index in [0.29, 0.717) is 12.2 Å². The van der Waals surface area contributed by atoms with Crippen molar-refractivity contribution in [3.05, 3.63) is 29.8 Å². The number of carbonyl (C=O) groups excluding carboxylic acids is 1. The lowest BCUT2D eigenvalue weighted by Crippen LogP contribution is -2.67. The fraction of sp³-hybridized carbons (Fsp3) is 0.462. The minimum Gasteiger partial charge on any atom is -0.330 e. The van der Waals surface area contributed by atoms with Crippen LogP contribution in [-0.2, 0) is 21.2 Å². The molecule has 1 fully saturated rings. The van der Waals surface area contributed by atoms with Crippen LogP contribution in [0.5, 0.6) is 0 Å². The fourth-order valence-electron chi connectivity index (χ4n) is 2.05. The second-order valence-corrected chi connectivity index (χ2v) is 7.48. The zero-order valence-corrected chi connectivity index (χ0v) is 11.9. The molecule has 1 heterocycles. The van der Waals surface area contributed by atoms with Crippen LogP contribution in [0.25, 0.3) is 0 Å². The van der Waals surface area contributed by atoms with E-state index < -0.39 is 14.8 Å². The van der Waals surface area contributed by atoms with Gasteiger partial charge < -0.3 is 5.73 Å². The fourth-order valence-corrected chi connectivity index (χ4v) is 3.53. The molecule has 1 aromatic carbocycles. The monoisotopic (exact) mass is 282 g/mol. The van der Waals surface area contributed by atoms with Gasteiger partial charge >= 0.3 is 0 Å². The van der Waals surface area contributed by atoms with E-state index in [1.807, 2.05) is 6.07 Å². The van der Waals surface area contributed by atoms with E-state index in [-0.39, 0.29) is 5.91 Å². The minimum absolute atomic E-state index is 0.386. The van der Waals surface area contributed by atoms with Crippen molar-refractivity contribution in [3.8, 4) is 0 Å². The normalized spacial score (nSPS) is 20.2. The molecule has 1 aliphatic rings. The minimum atomic E-state index is -3.58. The van der Waals surface area contributed by atoms with E-state index >= 15 is 0 Å². The number of rotatable bonds is 4. The molecule has 0 spiro atoms. The zero-order valence-electron chi connectivity index (χ0n) is 11.1. The number of carbonyl (C=O) groups is 1. The summed E-state index contributed by atoms with van der Waals surface area (Å²) in [6.07, 6.45) is 1.60. The Balaban J connectivity index is 2.32. The van der Waals surface area contributed by atoms with Crippen molar-refractivity contribution in [2.75, 3.05) is 10.8 Å². The number of sulfonamides is 1. The van der Waals surface area contributed by atoms with Crippen LogP contribution in [0.4, 0.5) is 5.69 Å². The van der Waals surface area contributed by atoms with Crippen molar-refractivity contribution in [1.82, 2.24) is 0 Å². The Labute approximate surface area is 113 Å². The molecule has 1 saturated heterocycles. The molecule has 1 aliphatic heterocycles. The average molecular weight is 282 g/mol. The van der Waals surface area contributed by atoms with Crippen LogP contribution >= 0.6 is 0 Å². The summed E-state index contributed by atoms with van der Waals surface area (Å²) >= 11 is 0. The summed E-state index contributed by atoms with van der Waals surface area (Å²) in [6.45, 7) is 3.44. The Morgan fingerprint density at radius 1 is 1.32 bits per heavy atom. The van der Waals surface area contributed by atoms with Crippen LogP contribution in [0.3, 0.4) is 0 Å². The molecule has 5 nitrogen and oxygen atoms in total. The largest absolute Gasteiger partial charge is 0.330 e. The van der Waals surface area contributed by atoms with Crippen LogP contribution in [-0.4, -0.2) is 25.6 Å². The molecule has 6 heteroatoms. The van der Waals surface area contributed by atoms with E-state index in [1.54, 1.807) is 18.2 Å². The average Bonchev–Trinajstić information content (AvgIpc) is 2.36. The summed E-state index contributed by atoms with van der Waals surface area (Å²) in [5.74, 6) is -0.386. The molecule has 19 heavy (non-hydrogen) atoms. The predicted octanol–water partition coefficient (Wildman–Crippen LogP) is 1.03. The second kappa shape index (κ2) is 4.61. The van der Waals surface area contributed by atoms with Crippen molar-refractivity contribution in [3.63, 3.8) is 0 Å². The van der Waals surface area contributed by atoms with Gasteiger partial charge in [0.05, 0.1) is 5.69 Å². The van der Waals surface area contributed by atoms with E-state index in [4.69, 9.17) is 5.73 Å². The first kappa shape index (κ1) is 14.0. The highest BCUT2D eigenvalue weighted by Gasteiger charge is 2.60. The van der Waals surface area contributed by atoms with Crippen molar-refractivity contribution >= 4 is 21.6 Å². The topological polar surface area (TPSA) is 80.5 Å². The molecule has 104 valence electrons. The van der Waals surface area contributed by atoms with E-state index in [0.717, 1.165) is 22.7 Å². The lowest BCUT2D eigenvalue weighted by Gasteiger charge is -2.42. The van der Waals surface area contributed by atoms with Gasteiger partial charge in [-0.15, -0.1) is 0 Å². The predicted molar refractivity (Wildman–Crippen MR) is 74.3 cm³/mol. The molecule has 0 bridgehead atoms. The molecule has 0 saturated carbocycles. The maximum atomic E-state index is 12.1. The third-order valence-electron chi connectivity index (χ3n) is 3.40. The first-order valence-corrected chi connectivity index (χ1v) is 7.64. The van der Waals surface area contributed by atoms with Crippen LogP contribution in [0.15, 0.2) is 24.3 Å². The lowest BCUT2D eigenvalue weighted by molar-refractivity contribution is -0.120. The first-order chi connectivity index (χ1) is 8.82. The third kappa shape index (κ3) is 2.04. The summed E-state index contributed by atoms with van der Waals surface area (Å²) in [4.78, 5) is 12.0. The number of amides is 1. The van der Waals surface area contributed by atoms with Gasteiger partial charge in [0.2, 0.25) is 0 Å². The van der Waals surface area contributed by atoms with Gasteiger partial charge in [0, 0.05) is 0 Å². The van der Waals surface area contributed by atoms with Crippen molar-refractivity contribution in [2.24, 2.45) is 5.73 Å². The highest BCUT2D eigenvalue weighted by Crippen LogP contribution is 2.39. The Hall–Kier alpha value is -1.40. The molecule has 2 N–H and O–H groups in total. The Morgan fingerprint density at radius 3 is 2.58 bits per heavy atom. The van der Waals surface area contributed by atoms with Crippen molar-refractivity contribution in [2.45, 2.75) is 31.4 Å². The number of hydrogen-bond donors (Lipinski definition) is 1.